The van der Waals surface area contributed by atoms with E-state index in [0.717, 1.165) is 11.1 Å². The molecule has 3 aromatic rings. The molecular formula is C17H15ClN4O. The van der Waals surface area contributed by atoms with Crippen LogP contribution in [0.5, 0.6) is 0 Å². The lowest BCUT2D eigenvalue weighted by Gasteiger charge is -2.14. The van der Waals surface area contributed by atoms with Crippen molar-refractivity contribution in [2.45, 2.75) is 13.0 Å². The molecule has 0 radical (unpaired) electrons. The number of rotatable bonds is 4. The van der Waals surface area contributed by atoms with Crippen molar-refractivity contribution in [3.05, 3.63) is 71.1 Å². The molecule has 2 aromatic heterocycles. The highest BCUT2D eigenvalue weighted by Gasteiger charge is 2.17. The van der Waals surface area contributed by atoms with E-state index in [0.29, 0.717) is 16.3 Å². The monoisotopic (exact) mass is 326 g/mol. The maximum Gasteiger partial charge on any atom is 0.255 e. The first kappa shape index (κ1) is 15.2. The number of halogens is 1. The highest BCUT2D eigenvalue weighted by Crippen LogP contribution is 2.21. The van der Waals surface area contributed by atoms with E-state index in [-0.39, 0.29) is 11.9 Å². The molecule has 1 unspecified atom stereocenters. The van der Waals surface area contributed by atoms with Gasteiger partial charge in [0.1, 0.15) is 0 Å². The van der Waals surface area contributed by atoms with Crippen LogP contribution in [0.1, 0.15) is 28.9 Å². The summed E-state index contributed by atoms with van der Waals surface area (Å²) in [6.07, 6.45) is 4.89. The molecule has 0 aliphatic rings. The van der Waals surface area contributed by atoms with Gasteiger partial charge < -0.3 is 5.32 Å². The van der Waals surface area contributed by atoms with Crippen LogP contribution in [0, 0.1) is 0 Å². The molecule has 5 nitrogen and oxygen atoms in total. The molecule has 23 heavy (non-hydrogen) atoms. The Bertz CT molecular complexity index is 799. The Morgan fingerprint density at radius 2 is 2.00 bits per heavy atom. The zero-order valence-corrected chi connectivity index (χ0v) is 13.2. The molecule has 2 heterocycles. The lowest BCUT2D eigenvalue weighted by atomic mass is 10.1. The fourth-order valence-corrected chi connectivity index (χ4v) is 2.42. The van der Waals surface area contributed by atoms with Gasteiger partial charge in [0.2, 0.25) is 0 Å². The third-order valence-electron chi connectivity index (χ3n) is 3.55. The van der Waals surface area contributed by atoms with E-state index in [1.54, 1.807) is 24.5 Å². The number of aromatic nitrogens is 3. The minimum absolute atomic E-state index is 0.142. The molecule has 1 aromatic carbocycles. The topological polar surface area (TPSA) is 70.7 Å². The van der Waals surface area contributed by atoms with Gasteiger partial charge in [-0.3, -0.25) is 14.9 Å². The van der Waals surface area contributed by atoms with Crippen molar-refractivity contribution < 1.29 is 4.79 Å². The van der Waals surface area contributed by atoms with Gasteiger partial charge in [-0.15, -0.1) is 0 Å². The molecule has 0 bridgehead atoms. The molecule has 0 aliphatic carbocycles. The van der Waals surface area contributed by atoms with Crippen molar-refractivity contribution >= 4 is 17.5 Å². The second kappa shape index (κ2) is 6.62. The van der Waals surface area contributed by atoms with Crippen LogP contribution in [0.4, 0.5) is 0 Å². The summed E-state index contributed by atoms with van der Waals surface area (Å²) in [4.78, 5) is 16.6. The van der Waals surface area contributed by atoms with Gasteiger partial charge >= 0.3 is 0 Å². The summed E-state index contributed by atoms with van der Waals surface area (Å²) in [5.74, 6) is -0.194. The van der Waals surface area contributed by atoms with E-state index >= 15 is 0 Å². The van der Waals surface area contributed by atoms with Gasteiger partial charge in [-0.05, 0) is 36.8 Å². The molecule has 3 rings (SSSR count). The number of carbonyl (C=O) groups excluding carboxylic acids is 1. The van der Waals surface area contributed by atoms with Crippen LogP contribution < -0.4 is 5.32 Å². The van der Waals surface area contributed by atoms with E-state index in [2.05, 4.69) is 20.5 Å². The number of nitrogens with zero attached hydrogens (tertiary/aromatic N) is 2. The van der Waals surface area contributed by atoms with Crippen LogP contribution in [-0.4, -0.2) is 21.1 Å². The third-order valence-corrected chi connectivity index (χ3v) is 3.80. The zero-order valence-electron chi connectivity index (χ0n) is 12.5. The molecule has 6 heteroatoms. The lowest BCUT2D eigenvalue weighted by Crippen LogP contribution is -2.26. The Morgan fingerprint density at radius 3 is 2.70 bits per heavy atom. The van der Waals surface area contributed by atoms with E-state index in [1.165, 1.54) is 6.20 Å². The van der Waals surface area contributed by atoms with E-state index in [1.807, 2.05) is 31.2 Å². The molecule has 0 saturated heterocycles. The van der Waals surface area contributed by atoms with Gasteiger partial charge in [0.15, 0.2) is 0 Å². The lowest BCUT2D eigenvalue weighted by molar-refractivity contribution is 0.0940. The summed E-state index contributed by atoms with van der Waals surface area (Å²) in [5, 5.41) is 10.5. The summed E-state index contributed by atoms with van der Waals surface area (Å²) < 4.78 is 0. The summed E-state index contributed by atoms with van der Waals surface area (Å²) in [7, 11) is 0. The van der Waals surface area contributed by atoms with Crippen molar-refractivity contribution in [1.29, 1.82) is 0 Å². The van der Waals surface area contributed by atoms with Gasteiger partial charge in [0.05, 0.1) is 23.5 Å². The van der Waals surface area contributed by atoms with E-state index < -0.39 is 0 Å². The van der Waals surface area contributed by atoms with Crippen LogP contribution in [0.15, 0.2) is 55.0 Å². The molecule has 1 amide bonds. The van der Waals surface area contributed by atoms with E-state index in [4.69, 9.17) is 11.6 Å². The smallest absolute Gasteiger partial charge is 0.255 e. The van der Waals surface area contributed by atoms with E-state index in [9.17, 15) is 4.79 Å². The second-order valence-corrected chi connectivity index (χ2v) is 5.58. The number of aromatic amines is 1. The molecule has 116 valence electrons. The summed E-state index contributed by atoms with van der Waals surface area (Å²) in [6, 6.07) is 10.9. The number of pyridine rings is 1. The van der Waals surface area contributed by atoms with Crippen LogP contribution >= 0.6 is 11.6 Å². The van der Waals surface area contributed by atoms with Crippen LogP contribution in [0.2, 0.25) is 5.02 Å². The van der Waals surface area contributed by atoms with Crippen molar-refractivity contribution in [3.8, 4) is 11.3 Å². The largest absolute Gasteiger partial charge is 0.345 e. The van der Waals surface area contributed by atoms with Crippen LogP contribution in [0.3, 0.4) is 0 Å². The Morgan fingerprint density at radius 1 is 1.22 bits per heavy atom. The number of H-pyrrole nitrogens is 1. The number of benzene rings is 1. The Kier molecular flexibility index (Phi) is 4.39. The molecular weight excluding hydrogens is 312 g/mol. The van der Waals surface area contributed by atoms with Crippen LogP contribution in [-0.2, 0) is 0 Å². The fraction of sp³-hybridized carbons (Fsp3) is 0.118. The average molecular weight is 327 g/mol. The fourth-order valence-electron chi connectivity index (χ4n) is 2.30. The first-order valence-electron chi connectivity index (χ1n) is 7.15. The number of carbonyl (C=O) groups is 1. The third kappa shape index (κ3) is 3.40. The Hall–Kier alpha value is -2.66. The van der Waals surface area contributed by atoms with Gasteiger partial charge in [0.25, 0.3) is 5.91 Å². The number of hydrogen-bond acceptors (Lipinski definition) is 3. The van der Waals surface area contributed by atoms with Crippen molar-refractivity contribution in [2.24, 2.45) is 0 Å². The SMILES string of the molecule is CC(NC(=O)c1cn[nH]c1-c1cccnc1)c1ccc(Cl)cc1. The van der Waals surface area contributed by atoms with Crippen molar-refractivity contribution in [2.75, 3.05) is 0 Å². The Labute approximate surface area is 138 Å². The first-order valence-corrected chi connectivity index (χ1v) is 7.53. The highest BCUT2D eigenvalue weighted by molar-refractivity contribution is 6.30. The van der Waals surface area contributed by atoms with Crippen molar-refractivity contribution in [3.63, 3.8) is 0 Å². The molecule has 2 N–H and O–H groups in total. The van der Waals surface area contributed by atoms with Crippen LogP contribution in [0.25, 0.3) is 11.3 Å². The maximum atomic E-state index is 12.5. The van der Waals surface area contributed by atoms with Crippen molar-refractivity contribution in [1.82, 2.24) is 20.5 Å². The number of hydrogen-bond donors (Lipinski definition) is 2. The molecule has 0 fully saturated rings. The second-order valence-electron chi connectivity index (χ2n) is 5.15. The van der Waals surface area contributed by atoms with Gasteiger partial charge in [-0.2, -0.15) is 5.10 Å². The number of nitrogens with one attached hydrogen (secondary N) is 2. The molecule has 0 saturated carbocycles. The molecule has 1 atom stereocenters. The number of amides is 1. The molecule has 0 spiro atoms. The predicted octanol–water partition coefficient (Wildman–Crippen LogP) is 3.62. The summed E-state index contributed by atoms with van der Waals surface area (Å²) in [5.41, 5.74) is 2.93. The van der Waals surface area contributed by atoms with Gasteiger partial charge in [-0.25, -0.2) is 0 Å². The summed E-state index contributed by atoms with van der Waals surface area (Å²) in [6.45, 7) is 1.92. The minimum Gasteiger partial charge on any atom is -0.345 e. The Balaban J connectivity index is 1.79. The summed E-state index contributed by atoms with van der Waals surface area (Å²) >= 11 is 5.89. The van der Waals surface area contributed by atoms with Gasteiger partial charge in [0, 0.05) is 23.0 Å². The van der Waals surface area contributed by atoms with Gasteiger partial charge in [-0.1, -0.05) is 23.7 Å². The highest BCUT2D eigenvalue weighted by atomic mass is 35.5. The maximum absolute atomic E-state index is 12.5. The quantitative estimate of drug-likeness (QED) is 0.769. The zero-order chi connectivity index (χ0) is 16.2. The minimum atomic E-state index is -0.194. The molecule has 0 aliphatic heterocycles. The standard InChI is InChI=1S/C17H15ClN4O/c1-11(12-4-6-14(18)7-5-12)21-17(23)15-10-20-22-16(15)13-3-2-8-19-9-13/h2-11H,1H3,(H,20,22)(H,21,23). The normalized spacial score (nSPS) is 11.9. The first-order chi connectivity index (χ1) is 11.1. The predicted molar refractivity (Wildman–Crippen MR) is 89.2 cm³/mol. The average Bonchev–Trinajstić information content (AvgIpc) is 3.06.